The lowest BCUT2D eigenvalue weighted by Gasteiger charge is -2.07. The summed E-state index contributed by atoms with van der Waals surface area (Å²) < 4.78 is 2.99. The van der Waals surface area contributed by atoms with Gasteiger partial charge in [-0.05, 0) is 34.0 Å². The summed E-state index contributed by atoms with van der Waals surface area (Å²) in [6.45, 7) is 2.01. The molecule has 1 aromatic heterocycles. The van der Waals surface area contributed by atoms with Crippen LogP contribution in [0.15, 0.2) is 59.2 Å². The van der Waals surface area contributed by atoms with E-state index in [1.165, 1.54) is 16.7 Å². The van der Waals surface area contributed by atoms with Gasteiger partial charge in [0, 0.05) is 12.6 Å². The Labute approximate surface area is 127 Å². The van der Waals surface area contributed by atoms with E-state index in [1.807, 2.05) is 20.0 Å². The molecule has 2 aromatic carbocycles. The molecule has 0 unspecified atom stereocenters. The second-order valence-corrected chi connectivity index (χ2v) is 5.55. The number of aromatic nitrogens is 2. The number of rotatable bonds is 2. The zero-order valence-electron chi connectivity index (χ0n) is 11.5. The molecule has 100 valence electrons. The smallest absolute Gasteiger partial charge is 0.132 e. The van der Waals surface area contributed by atoms with Crippen LogP contribution in [0.5, 0.6) is 0 Å². The predicted molar refractivity (Wildman–Crippen MR) is 86.5 cm³/mol. The van der Waals surface area contributed by atoms with Crippen molar-refractivity contribution in [1.82, 2.24) is 9.55 Å². The molecule has 0 saturated heterocycles. The van der Waals surface area contributed by atoms with Gasteiger partial charge in [0.25, 0.3) is 0 Å². The fourth-order valence-corrected chi connectivity index (χ4v) is 3.09. The molecule has 0 spiro atoms. The first kappa shape index (κ1) is 13.1. The van der Waals surface area contributed by atoms with Gasteiger partial charge in [0.15, 0.2) is 0 Å². The zero-order chi connectivity index (χ0) is 14.1. The summed E-state index contributed by atoms with van der Waals surface area (Å²) in [6.07, 6.45) is 0. The maximum Gasteiger partial charge on any atom is 0.132 e. The fourth-order valence-electron chi connectivity index (χ4n) is 2.33. The number of imidazole rings is 1. The highest BCUT2D eigenvalue weighted by molar-refractivity contribution is 9.10. The van der Waals surface area contributed by atoms with Crippen LogP contribution < -0.4 is 0 Å². The van der Waals surface area contributed by atoms with Gasteiger partial charge >= 0.3 is 0 Å². The molecule has 0 amide bonds. The first-order valence-electron chi connectivity index (χ1n) is 6.51. The third-order valence-electron chi connectivity index (χ3n) is 3.54. The van der Waals surface area contributed by atoms with Gasteiger partial charge in [-0.2, -0.15) is 0 Å². The number of benzene rings is 2. The van der Waals surface area contributed by atoms with Crippen LogP contribution in [0.4, 0.5) is 0 Å². The van der Waals surface area contributed by atoms with Crippen LogP contribution in [0.25, 0.3) is 22.4 Å². The second kappa shape index (κ2) is 5.25. The van der Waals surface area contributed by atoms with Gasteiger partial charge in [-0.3, -0.25) is 0 Å². The minimum absolute atomic E-state index is 0.893. The molecule has 0 aliphatic heterocycles. The van der Waals surface area contributed by atoms with E-state index in [0.29, 0.717) is 0 Å². The summed E-state index contributed by atoms with van der Waals surface area (Å²) in [5.74, 6) is 0.999. The van der Waals surface area contributed by atoms with Gasteiger partial charge in [-0.25, -0.2) is 4.98 Å². The van der Waals surface area contributed by atoms with Crippen molar-refractivity contribution in [3.63, 3.8) is 0 Å². The molecule has 0 bridgehead atoms. The average molecular weight is 327 g/mol. The van der Waals surface area contributed by atoms with Crippen molar-refractivity contribution in [3.05, 3.63) is 65.0 Å². The van der Waals surface area contributed by atoms with Crippen LogP contribution in [-0.4, -0.2) is 9.55 Å². The summed E-state index contributed by atoms with van der Waals surface area (Å²) in [5.41, 5.74) is 4.74. The van der Waals surface area contributed by atoms with E-state index < -0.39 is 0 Å². The van der Waals surface area contributed by atoms with E-state index in [1.54, 1.807) is 0 Å². The molecule has 1 heterocycles. The van der Waals surface area contributed by atoms with Gasteiger partial charge in [0.2, 0.25) is 0 Å². The topological polar surface area (TPSA) is 17.8 Å². The first-order chi connectivity index (χ1) is 9.66. The molecule has 3 rings (SSSR count). The Balaban J connectivity index is 2.02. The van der Waals surface area contributed by atoms with Crippen LogP contribution in [0, 0.1) is 6.92 Å². The Morgan fingerprint density at radius 3 is 1.95 bits per heavy atom. The van der Waals surface area contributed by atoms with Gasteiger partial charge in [-0.1, -0.05) is 54.6 Å². The van der Waals surface area contributed by atoms with E-state index in [9.17, 15) is 0 Å². The highest BCUT2D eigenvalue weighted by atomic mass is 79.9. The van der Waals surface area contributed by atoms with Gasteiger partial charge in [0.1, 0.15) is 10.4 Å². The Morgan fingerprint density at radius 1 is 0.850 bits per heavy atom. The van der Waals surface area contributed by atoms with Crippen LogP contribution in [0.1, 0.15) is 5.82 Å². The molecule has 0 radical (unpaired) electrons. The van der Waals surface area contributed by atoms with Crippen LogP contribution in [-0.2, 0) is 7.05 Å². The first-order valence-corrected chi connectivity index (χ1v) is 7.31. The van der Waals surface area contributed by atoms with Crippen molar-refractivity contribution in [2.75, 3.05) is 0 Å². The third-order valence-corrected chi connectivity index (χ3v) is 4.09. The third kappa shape index (κ3) is 2.29. The lowest BCUT2D eigenvalue weighted by atomic mass is 10.0. The molecule has 20 heavy (non-hydrogen) atoms. The van der Waals surface area contributed by atoms with Crippen molar-refractivity contribution in [2.24, 2.45) is 7.05 Å². The Bertz CT molecular complexity index is 728. The lowest BCUT2D eigenvalue weighted by molar-refractivity contribution is 0.865. The van der Waals surface area contributed by atoms with E-state index >= 15 is 0 Å². The van der Waals surface area contributed by atoms with E-state index in [4.69, 9.17) is 0 Å². The van der Waals surface area contributed by atoms with Gasteiger partial charge in [-0.15, -0.1) is 0 Å². The number of hydrogen-bond donors (Lipinski definition) is 0. The average Bonchev–Trinajstić information content (AvgIpc) is 2.73. The molecule has 0 atom stereocenters. The molecule has 0 saturated carbocycles. The van der Waals surface area contributed by atoms with Gasteiger partial charge in [0.05, 0.1) is 5.69 Å². The predicted octanol–water partition coefficient (Wildman–Crippen LogP) is 4.83. The Kier molecular flexibility index (Phi) is 3.45. The number of nitrogens with zero attached hydrogens (tertiary/aromatic N) is 2. The quantitative estimate of drug-likeness (QED) is 0.659. The van der Waals surface area contributed by atoms with Crippen LogP contribution in [0.3, 0.4) is 0 Å². The van der Waals surface area contributed by atoms with Crippen molar-refractivity contribution >= 4 is 15.9 Å². The molecule has 0 N–H and O–H groups in total. The monoisotopic (exact) mass is 326 g/mol. The zero-order valence-corrected chi connectivity index (χ0v) is 13.1. The molecule has 3 aromatic rings. The van der Waals surface area contributed by atoms with Crippen LogP contribution in [0.2, 0.25) is 0 Å². The van der Waals surface area contributed by atoms with Crippen LogP contribution >= 0.6 is 15.9 Å². The lowest BCUT2D eigenvalue weighted by Crippen LogP contribution is -1.94. The standard InChI is InChI=1S/C17H15BrN2/c1-12-19-17(18)16(20(12)2)15-10-8-14(9-11-15)13-6-4-3-5-7-13/h3-11H,1-2H3. The van der Waals surface area contributed by atoms with Gasteiger partial charge < -0.3 is 4.57 Å². The molecule has 3 heteroatoms. The molecular weight excluding hydrogens is 312 g/mol. The number of hydrogen-bond acceptors (Lipinski definition) is 1. The highest BCUT2D eigenvalue weighted by Crippen LogP contribution is 2.30. The second-order valence-electron chi connectivity index (χ2n) is 4.80. The molecule has 0 aliphatic rings. The number of aryl methyl sites for hydroxylation is 1. The summed E-state index contributed by atoms with van der Waals surface area (Å²) in [7, 11) is 2.04. The van der Waals surface area contributed by atoms with Crippen molar-refractivity contribution in [2.45, 2.75) is 6.92 Å². The summed E-state index contributed by atoms with van der Waals surface area (Å²) in [4.78, 5) is 4.45. The van der Waals surface area contributed by atoms with E-state index in [-0.39, 0.29) is 0 Å². The van der Waals surface area contributed by atoms with Crippen molar-refractivity contribution in [3.8, 4) is 22.4 Å². The number of halogens is 1. The summed E-state index contributed by atoms with van der Waals surface area (Å²) in [6, 6.07) is 19.0. The Hall–Kier alpha value is -1.87. The summed E-state index contributed by atoms with van der Waals surface area (Å²) >= 11 is 3.54. The fraction of sp³-hybridized carbons (Fsp3) is 0.118. The molecule has 2 nitrogen and oxygen atoms in total. The van der Waals surface area contributed by atoms with E-state index in [0.717, 1.165) is 16.1 Å². The molecule has 0 aliphatic carbocycles. The van der Waals surface area contributed by atoms with E-state index in [2.05, 4.69) is 74.0 Å². The maximum atomic E-state index is 4.45. The SMILES string of the molecule is Cc1nc(Br)c(-c2ccc(-c3ccccc3)cc2)n1C. The molecule has 0 fully saturated rings. The minimum Gasteiger partial charge on any atom is -0.330 e. The minimum atomic E-state index is 0.893. The summed E-state index contributed by atoms with van der Waals surface area (Å²) in [5, 5.41) is 0. The van der Waals surface area contributed by atoms with Crippen molar-refractivity contribution in [1.29, 1.82) is 0 Å². The normalized spacial score (nSPS) is 10.8. The highest BCUT2D eigenvalue weighted by Gasteiger charge is 2.11. The Morgan fingerprint density at radius 2 is 1.40 bits per heavy atom. The molecular formula is C17H15BrN2. The largest absolute Gasteiger partial charge is 0.330 e. The van der Waals surface area contributed by atoms with Crippen molar-refractivity contribution < 1.29 is 0 Å². The maximum absolute atomic E-state index is 4.45.